The largest absolute Gasteiger partial charge is 0.493 e. The lowest BCUT2D eigenvalue weighted by atomic mass is 10.2. The van der Waals surface area contributed by atoms with Crippen LogP contribution in [0.25, 0.3) is 0 Å². The van der Waals surface area contributed by atoms with E-state index >= 15 is 0 Å². The van der Waals surface area contributed by atoms with E-state index in [-0.39, 0.29) is 5.56 Å². The number of nitrogens with one attached hydrogen (secondary N) is 1. The Morgan fingerprint density at radius 3 is 2.48 bits per heavy atom. The van der Waals surface area contributed by atoms with Crippen molar-refractivity contribution in [1.82, 2.24) is 5.43 Å². The first kappa shape index (κ1) is 20.2. The molecule has 2 aromatic rings. The molecule has 1 amide bonds. The van der Waals surface area contributed by atoms with Crippen LogP contribution in [0.1, 0.15) is 22.8 Å². The fraction of sp³-hybridized carbons (Fsp3) is 0.222. The number of carbonyl (C=O) groups is 1. The summed E-state index contributed by atoms with van der Waals surface area (Å²) in [5.41, 5.74) is 3.00. The van der Waals surface area contributed by atoms with Crippen molar-refractivity contribution in [2.45, 2.75) is 19.5 Å². The van der Waals surface area contributed by atoms with E-state index in [1.165, 1.54) is 6.21 Å². The molecule has 1 N–H and O–H groups in total. The second-order valence-corrected chi connectivity index (χ2v) is 5.16. The van der Waals surface area contributed by atoms with Gasteiger partial charge in [-0.15, -0.1) is 0 Å². The van der Waals surface area contributed by atoms with Crippen LogP contribution in [0.15, 0.2) is 53.6 Å². The number of carbonyl (C=O) groups excluding carboxylic acids is 1. The molecule has 0 aromatic heterocycles. The van der Waals surface area contributed by atoms with Gasteiger partial charge in [0.1, 0.15) is 11.5 Å². The number of para-hydroxylation sites is 1. The molecule has 0 aliphatic rings. The van der Waals surface area contributed by atoms with Gasteiger partial charge in [-0.05, 0) is 43.3 Å². The third-order valence-corrected chi connectivity index (χ3v) is 3.21. The van der Waals surface area contributed by atoms with E-state index in [1.807, 2.05) is 6.92 Å². The Labute approximate surface area is 152 Å². The number of hydrazone groups is 1. The number of nitrogens with zero attached hydrogens (tertiary/aromatic N) is 1. The molecule has 0 radical (unpaired) electrons. The van der Waals surface area contributed by atoms with Gasteiger partial charge in [-0.25, -0.2) is 5.43 Å². The Morgan fingerprint density at radius 2 is 1.85 bits per heavy atom. The lowest BCUT2D eigenvalue weighted by Crippen LogP contribution is -2.33. The zero-order valence-corrected chi connectivity index (χ0v) is 14.2. The minimum atomic E-state index is -4.61. The summed E-state index contributed by atoms with van der Waals surface area (Å²) in [7, 11) is 0. The molecule has 9 heteroatoms. The molecule has 0 saturated heterocycles. The molecule has 0 aliphatic carbocycles. The summed E-state index contributed by atoms with van der Waals surface area (Å²) in [6.07, 6.45) is -7.18. The highest BCUT2D eigenvalue weighted by Crippen LogP contribution is 2.27. The first-order valence-corrected chi connectivity index (χ1v) is 7.83. The lowest BCUT2D eigenvalue weighted by molar-refractivity contribution is -0.253. The number of halogens is 4. The average molecular weight is 384 g/mol. The van der Waals surface area contributed by atoms with Crippen molar-refractivity contribution in [3.8, 4) is 11.5 Å². The number of hydrogen-bond acceptors (Lipinski definition) is 4. The molecule has 0 aliphatic heterocycles. The molecule has 0 atom stereocenters. The van der Waals surface area contributed by atoms with Gasteiger partial charge in [-0.1, -0.05) is 12.1 Å². The Bertz CT molecular complexity index is 795. The second kappa shape index (κ2) is 9.02. The molecule has 0 fully saturated rings. The standard InChI is InChI=1S/C18H16F4N2O3/c1-2-26-15-6-4-3-5-13(15)11-23-24-16(25)12-7-9-14(10-8-12)27-18(21,22)17(19)20/h3-11,17H,2H2,1H3,(H,24,25)/b23-11-. The predicted molar refractivity (Wildman–Crippen MR) is 90.7 cm³/mol. The summed E-state index contributed by atoms with van der Waals surface area (Å²) < 4.78 is 59.2. The predicted octanol–water partition coefficient (Wildman–Crippen LogP) is 4.09. The number of amides is 1. The Kier molecular flexibility index (Phi) is 6.75. The number of benzene rings is 2. The minimum absolute atomic E-state index is 0.0814. The van der Waals surface area contributed by atoms with Crippen LogP contribution in [0.4, 0.5) is 17.6 Å². The maximum absolute atomic E-state index is 12.8. The van der Waals surface area contributed by atoms with E-state index in [2.05, 4.69) is 15.3 Å². The van der Waals surface area contributed by atoms with Crippen molar-refractivity contribution in [3.63, 3.8) is 0 Å². The third kappa shape index (κ3) is 5.70. The lowest BCUT2D eigenvalue weighted by Gasteiger charge is -2.16. The summed E-state index contributed by atoms with van der Waals surface area (Å²) in [6.45, 7) is 2.30. The van der Waals surface area contributed by atoms with Crippen LogP contribution in [-0.4, -0.2) is 31.3 Å². The molecule has 2 rings (SSSR count). The van der Waals surface area contributed by atoms with Crippen LogP contribution < -0.4 is 14.9 Å². The average Bonchev–Trinajstić information content (AvgIpc) is 2.63. The number of rotatable bonds is 8. The van der Waals surface area contributed by atoms with Gasteiger partial charge in [0.15, 0.2) is 0 Å². The fourth-order valence-electron chi connectivity index (χ4n) is 1.98. The summed E-state index contributed by atoms with van der Waals surface area (Å²) in [5, 5.41) is 3.81. The number of hydrogen-bond donors (Lipinski definition) is 1. The van der Waals surface area contributed by atoms with Crippen molar-refractivity contribution < 1.29 is 31.8 Å². The SMILES string of the molecule is CCOc1ccccc1/C=N\NC(=O)c1ccc(OC(F)(F)C(F)F)cc1. The van der Waals surface area contributed by atoms with Gasteiger partial charge >= 0.3 is 12.5 Å². The summed E-state index contributed by atoms with van der Waals surface area (Å²) in [5.74, 6) is -0.516. The quantitative estimate of drug-likeness (QED) is 0.424. The normalized spacial score (nSPS) is 11.6. The first-order valence-electron chi connectivity index (χ1n) is 7.83. The van der Waals surface area contributed by atoms with Gasteiger partial charge in [0.2, 0.25) is 0 Å². The van der Waals surface area contributed by atoms with Crippen molar-refractivity contribution in [1.29, 1.82) is 0 Å². The molecule has 0 spiro atoms. The third-order valence-electron chi connectivity index (χ3n) is 3.21. The zero-order chi connectivity index (χ0) is 19.9. The number of alkyl halides is 4. The molecule has 0 unspecified atom stereocenters. The Hall–Kier alpha value is -3.10. The highest BCUT2D eigenvalue weighted by atomic mass is 19.3. The zero-order valence-electron chi connectivity index (χ0n) is 14.2. The van der Waals surface area contributed by atoms with Gasteiger partial charge in [-0.2, -0.15) is 22.7 Å². The maximum atomic E-state index is 12.8. The van der Waals surface area contributed by atoms with Crippen LogP contribution in [0, 0.1) is 0 Å². The van der Waals surface area contributed by atoms with E-state index in [9.17, 15) is 22.4 Å². The van der Waals surface area contributed by atoms with E-state index in [4.69, 9.17) is 4.74 Å². The van der Waals surface area contributed by atoms with Gasteiger partial charge in [0, 0.05) is 11.1 Å². The van der Waals surface area contributed by atoms with Crippen LogP contribution in [0.3, 0.4) is 0 Å². The van der Waals surface area contributed by atoms with Gasteiger partial charge < -0.3 is 9.47 Å². The van der Waals surface area contributed by atoms with Crippen molar-refractivity contribution in [2.75, 3.05) is 6.61 Å². The molecule has 0 bridgehead atoms. The van der Waals surface area contributed by atoms with Crippen LogP contribution in [-0.2, 0) is 0 Å². The van der Waals surface area contributed by atoms with Crippen LogP contribution >= 0.6 is 0 Å². The fourth-order valence-corrected chi connectivity index (χ4v) is 1.98. The maximum Gasteiger partial charge on any atom is 0.461 e. The molecule has 0 saturated carbocycles. The van der Waals surface area contributed by atoms with Gasteiger partial charge in [0.05, 0.1) is 12.8 Å². The molecular weight excluding hydrogens is 368 g/mol. The number of ether oxygens (including phenoxy) is 2. The molecule has 27 heavy (non-hydrogen) atoms. The van der Waals surface area contributed by atoms with E-state index in [1.54, 1.807) is 24.3 Å². The van der Waals surface area contributed by atoms with E-state index in [0.29, 0.717) is 17.9 Å². The molecule has 5 nitrogen and oxygen atoms in total. The molecular formula is C18H16F4N2O3. The smallest absolute Gasteiger partial charge is 0.461 e. The van der Waals surface area contributed by atoms with E-state index < -0.39 is 24.2 Å². The Balaban J connectivity index is 1.98. The summed E-state index contributed by atoms with van der Waals surface area (Å²) in [6, 6.07) is 11.3. The second-order valence-electron chi connectivity index (χ2n) is 5.16. The van der Waals surface area contributed by atoms with Gasteiger partial charge in [-0.3, -0.25) is 4.79 Å². The van der Waals surface area contributed by atoms with Crippen molar-refractivity contribution in [2.24, 2.45) is 5.10 Å². The first-order chi connectivity index (χ1) is 12.8. The van der Waals surface area contributed by atoms with Crippen LogP contribution in [0.5, 0.6) is 11.5 Å². The van der Waals surface area contributed by atoms with E-state index in [0.717, 1.165) is 24.3 Å². The van der Waals surface area contributed by atoms with Gasteiger partial charge in [0.25, 0.3) is 5.91 Å². The topological polar surface area (TPSA) is 59.9 Å². The monoisotopic (exact) mass is 384 g/mol. The van der Waals surface area contributed by atoms with Crippen molar-refractivity contribution in [3.05, 3.63) is 59.7 Å². The minimum Gasteiger partial charge on any atom is -0.493 e. The highest BCUT2D eigenvalue weighted by molar-refractivity contribution is 5.95. The summed E-state index contributed by atoms with van der Waals surface area (Å²) >= 11 is 0. The molecule has 2 aromatic carbocycles. The Morgan fingerprint density at radius 1 is 1.19 bits per heavy atom. The molecule has 144 valence electrons. The van der Waals surface area contributed by atoms with Crippen molar-refractivity contribution >= 4 is 12.1 Å². The summed E-state index contributed by atoms with van der Waals surface area (Å²) in [4.78, 5) is 12.0. The highest BCUT2D eigenvalue weighted by Gasteiger charge is 2.43. The van der Waals surface area contributed by atoms with Crippen LogP contribution in [0.2, 0.25) is 0 Å². The molecule has 0 heterocycles.